The van der Waals surface area contributed by atoms with Gasteiger partial charge in [-0.3, -0.25) is 14.8 Å². The first-order valence-corrected chi connectivity index (χ1v) is 8.84. The maximum absolute atomic E-state index is 12.9. The molecular weight excluding hydrogens is 342 g/mol. The number of para-hydroxylation sites is 1. The van der Waals surface area contributed by atoms with Gasteiger partial charge in [0.25, 0.3) is 0 Å². The molecule has 6 heteroatoms. The first-order chi connectivity index (χ1) is 13.1. The average Bonchev–Trinajstić information content (AvgIpc) is 2.70. The molecular formula is C21H19N3O3. The van der Waals surface area contributed by atoms with E-state index in [4.69, 9.17) is 9.72 Å². The summed E-state index contributed by atoms with van der Waals surface area (Å²) in [5.41, 5.74) is 3.37. The summed E-state index contributed by atoms with van der Waals surface area (Å²) in [4.78, 5) is 36.0. The minimum absolute atomic E-state index is 0.284. The molecule has 0 atom stereocenters. The van der Waals surface area contributed by atoms with Gasteiger partial charge in [-0.05, 0) is 25.2 Å². The Kier molecular flexibility index (Phi) is 4.64. The topological polar surface area (TPSA) is 72.4 Å². The van der Waals surface area contributed by atoms with Crippen molar-refractivity contribution in [2.45, 2.75) is 13.0 Å². The standard InChI is InChI=1S/C21H19N3O3/c1-24-11-9-17-15(12-24)20(14-6-2-3-7-16(14)23-17)21(26)27-13-19(25)18-8-4-5-10-22-18/h2-8,10H,9,11-13H2,1H3. The number of ether oxygens (including phenoxy) is 1. The fourth-order valence-electron chi connectivity index (χ4n) is 3.36. The minimum Gasteiger partial charge on any atom is -0.454 e. The van der Waals surface area contributed by atoms with E-state index in [9.17, 15) is 9.59 Å². The molecule has 3 aromatic rings. The van der Waals surface area contributed by atoms with Crippen molar-refractivity contribution in [2.24, 2.45) is 0 Å². The quantitative estimate of drug-likeness (QED) is 0.525. The van der Waals surface area contributed by atoms with Gasteiger partial charge in [0.1, 0.15) is 5.69 Å². The Morgan fingerprint density at radius 2 is 1.96 bits per heavy atom. The Bertz CT molecular complexity index is 1020. The third-order valence-corrected chi connectivity index (χ3v) is 4.73. The fourth-order valence-corrected chi connectivity index (χ4v) is 3.36. The molecule has 0 saturated carbocycles. The number of fused-ring (bicyclic) bond motifs is 2. The zero-order valence-electron chi connectivity index (χ0n) is 15.0. The van der Waals surface area contributed by atoms with E-state index >= 15 is 0 Å². The number of aromatic nitrogens is 2. The monoisotopic (exact) mass is 361 g/mol. The van der Waals surface area contributed by atoms with Gasteiger partial charge in [0, 0.05) is 42.4 Å². The third kappa shape index (κ3) is 3.44. The van der Waals surface area contributed by atoms with Crippen molar-refractivity contribution in [2.75, 3.05) is 20.2 Å². The van der Waals surface area contributed by atoms with E-state index in [1.807, 2.05) is 31.3 Å². The van der Waals surface area contributed by atoms with E-state index in [0.29, 0.717) is 12.1 Å². The molecule has 0 bridgehead atoms. The van der Waals surface area contributed by atoms with Crippen LogP contribution in [0, 0.1) is 0 Å². The number of benzene rings is 1. The summed E-state index contributed by atoms with van der Waals surface area (Å²) < 4.78 is 5.38. The number of carbonyl (C=O) groups is 2. The lowest BCUT2D eigenvalue weighted by Gasteiger charge is -2.26. The van der Waals surface area contributed by atoms with Gasteiger partial charge in [0.15, 0.2) is 6.61 Å². The van der Waals surface area contributed by atoms with Gasteiger partial charge in [-0.2, -0.15) is 0 Å². The smallest absolute Gasteiger partial charge is 0.339 e. The number of esters is 1. The van der Waals surface area contributed by atoms with Crippen LogP contribution in [0.1, 0.15) is 32.1 Å². The molecule has 0 fully saturated rings. The molecule has 2 aromatic heterocycles. The predicted octanol–water partition coefficient (Wildman–Crippen LogP) is 2.66. The molecule has 4 rings (SSSR count). The van der Waals surface area contributed by atoms with Crippen molar-refractivity contribution in [3.8, 4) is 0 Å². The second-order valence-electron chi connectivity index (χ2n) is 6.63. The van der Waals surface area contributed by atoms with Crippen molar-refractivity contribution in [3.05, 3.63) is 71.2 Å². The number of ketones is 1. The van der Waals surface area contributed by atoms with Crippen molar-refractivity contribution >= 4 is 22.7 Å². The molecule has 0 N–H and O–H groups in total. The number of Topliss-reactive ketones (excluding diaryl/α,β-unsaturated/α-hetero) is 1. The Morgan fingerprint density at radius 3 is 2.78 bits per heavy atom. The summed E-state index contributed by atoms with van der Waals surface area (Å²) in [5, 5.41) is 0.752. The molecule has 3 heterocycles. The second-order valence-corrected chi connectivity index (χ2v) is 6.63. The Labute approximate surface area is 156 Å². The maximum Gasteiger partial charge on any atom is 0.339 e. The molecule has 1 aliphatic heterocycles. The summed E-state index contributed by atoms with van der Waals surface area (Å²) in [7, 11) is 2.01. The number of nitrogens with zero attached hydrogens (tertiary/aromatic N) is 3. The van der Waals surface area contributed by atoms with E-state index < -0.39 is 5.97 Å². The summed E-state index contributed by atoms with van der Waals surface area (Å²) in [6.07, 6.45) is 2.32. The molecule has 0 radical (unpaired) electrons. The number of hydrogen-bond acceptors (Lipinski definition) is 6. The van der Waals surface area contributed by atoms with Gasteiger partial charge in [0.05, 0.1) is 11.1 Å². The van der Waals surface area contributed by atoms with Crippen LogP contribution in [0.25, 0.3) is 10.9 Å². The lowest BCUT2D eigenvalue weighted by Crippen LogP contribution is -2.30. The number of pyridine rings is 2. The average molecular weight is 361 g/mol. The van der Waals surface area contributed by atoms with E-state index in [-0.39, 0.29) is 18.1 Å². The van der Waals surface area contributed by atoms with E-state index in [2.05, 4.69) is 9.88 Å². The number of carbonyl (C=O) groups excluding carboxylic acids is 2. The molecule has 6 nitrogen and oxygen atoms in total. The molecule has 0 amide bonds. The molecule has 0 aliphatic carbocycles. The Morgan fingerprint density at radius 1 is 1.15 bits per heavy atom. The van der Waals surface area contributed by atoms with Gasteiger partial charge in [-0.1, -0.05) is 24.3 Å². The Balaban J connectivity index is 1.66. The normalized spacial score (nSPS) is 14.0. The summed E-state index contributed by atoms with van der Waals surface area (Å²) in [5.74, 6) is -0.822. The zero-order valence-corrected chi connectivity index (χ0v) is 15.0. The van der Waals surface area contributed by atoms with Crippen molar-refractivity contribution in [1.82, 2.24) is 14.9 Å². The van der Waals surface area contributed by atoms with Crippen LogP contribution >= 0.6 is 0 Å². The molecule has 1 aromatic carbocycles. The fraction of sp³-hybridized carbons (Fsp3) is 0.238. The predicted molar refractivity (Wildman–Crippen MR) is 101 cm³/mol. The highest BCUT2D eigenvalue weighted by molar-refractivity contribution is 6.06. The highest BCUT2D eigenvalue weighted by Gasteiger charge is 2.25. The molecule has 27 heavy (non-hydrogen) atoms. The summed E-state index contributed by atoms with van der Waals surface area (Å²) in [6.45, 7) is 1.19. The van der Waals surface area contributed by atoms with Crippen LogP contribution in [0.2, 0.25) is 0 Å². The van der Waals surface area contributed by atoms with E-state index in [1.54, 1.807) is 18.2 Å². The highest BCUT2D eigenvalue weighted by Crippen LogP contribution is 2.28. The van der Waals surface area contributed by atoms with Gasteiger partial charge in [-0.25, -0.2) is 4.79 Å². The number of likely N-dealkylation sites (N-methyl/N-ethyl adjacent to an activating group) is 1. The lowest BCUT2D eigenvalue weighted by molar-refractivity contribution is 0.0473. The van der Waals surface area contributed by atoms with Crippen LogP contribution in [0.4, 0.5) is 0 Å². The zero-order chi connectivity index (χ0) is 18.8. The Hall–Kier alpha value is -3.12. The van der Waals surface area contributed by atoms with Crippen LogP contribution in [-0.2, 0) is 17.7 Å². The maximum atomic E-state index is 12.9. The molecule has 0 saturated heterocycles. The van der Waals surface area contributed by atoms with Gasteiger partial charge < -0.3 is 9.64 Å². The third-order valence-electron chi connectivity index (χ3n) is 4.73. The molecule has 136 valence electrons. The van der Waals surface area contributed by atoms with Crippen LogP contribution in [0.3, 0.4) is 0 Å². The van der Waals surface area contributed by atoms with Crippen LogP contribution in [0.5, 0.6) is 0 Å². The molecule has 0 unspecified atom stereocenters. The van der Waals surface area contributed by atoms with Crippen LogP contribution in [-0.4, -0.2) is 46.8 Å². The number of hydrogen-bond donors (Lipinski definition) is 0. The van der Waals surface area contributed by atoms with Gasteiger partial charge in [-0.15, -0.1) is 0 Å². The van der Waals surface area contributed by atoms with E-state index in [0.717, 1.165) is 35.1 Å². The largest absolute Gasteiger partial charge is 0.454 e. The summed E-state index contributed by atoms with van der Waals surface area (Å²) >= 11 is 0. The number of rotatable bonds is 4. The van der Waals surface area contributed by atoms with Crippen LogP contribution < -0.4 is 0 Å². The molecule has 1 aliphatic rings. The summed E-state index contributed by atoms with van der Waals surface area (Å²) in [6, 6.07) is 12.6. The first-order valence-electron chi connectivity index (χ1n) is 8.84. The lowest BCUT2D eigenvalue weighted by atomic mass is 9.96. The highest BCUT2D eigenvalue weighted by atomic mass is 16.5. The van der Waals surface area contributed by atoms with Crippen molar-refractivity contribution < 1.29 is 14.3 Å². The van der Waals surface area contributed by atoms with Crippen molar-refractivity contribution in [1.29, 1.82) is 0 Å². The van der Waals surface area contributed by atoms with Gasteiger partial charge >= 0.3 is 5.97 Å². The van der Waals surface area contributed by atoms with Gasteiger partial charge in [0.2, 0.25) is 5.78 Å². The second kappa shape index (κ2) is 7.25. The van der Waals surface area contributed by atoms with E-state index in [1.165, 1.54) is 6.20 Å². The first kappa shape index (κ1) is 17.3. The van der Waals surface area contributed by atoms with Crippen molar-refractivity contribution in [3.63, 3.8) is 0 Å². The molecule has 0 spiro atoms. The van der Waals surface area contributed by atoms with Crippen LogP contribution in [0.15, 0.2) is 48.7 Å². The SMILES string of the molecule is CN1CCc2nc3ccccc3c(C(=O)OCC(=O)c3ccccn3)c2C1. The minimum atomic E-state index is -0.496.